The molecule has 1 saturated heterocycles. The molecule has 2 heterocycles. The highest BCUT2D eigenvalue weighted by Crippen LogP contribution is 2.25. The topological polar surface area (TPSA) is 73.4 Å². The fourth-order valence-corrected chi connectivity index (χ4v) is 3.65. The summed E-state index contributed by atoms with van der Waals surface area (Å²) in [5.41, 5.74) is 2.89. The number of amides is 1. The molecule has 1 amide bonds. The minimum atomic E-state index is 0.0300. The second-order valence-corrected chi connectivity index (χ2v) is 7.73. The molecule has 6 nitrogen and oxygen atoms in total. The van der Waals surface area contributed by atoms with Crippen molar-refractivity contribution in [2.75, 3.05) is 31.1 Å². The number of halogens is 1. The van der Waals surface area contributed by atoms with E-state index in [0.29, 0.717) is 43.0 Å². The summed E-state index contributed by atoms with van der Waals surface area (Å²) >= 11 is 5.91. The van der Waals surface area contributed by atoms with Crippen molar-refractivity contribution < 1.29 is 9.21 Å². The van der Waals surface area contributed by atoms with Gasteiger partial charge < -0.3 is 14.2 Å². The first-order valence-electron chi connectivity index (χ1n) is 9.99. The Morgan fingerprint density at radius 2 is 1.81 bits per heavy atom. The Kier molecular flexibility index (Phi) is 6.06. The highest BCUT2D eigenvalue weighted by molar-refractivity contribution is 6.30. The lowest BCUT2D eigenvalue weighted by atomic mass is 10.1. The third-order valence-electron chi connectivity index (χ3n) is 5.25. The fraction of sp³-hybridized carbons (Fsp3) is 0.208. The van der Waals surface area contributed by atoms with Crippen LogP contribution >= 0.6 is 11.6 Å². The first-order chi connectivity index (χ1) is 15.0. The van der Waals surface area contributed by atoms with E-state index >= 15 is 0 Å². The van der Waals surface area contributed by atoms with Crippen LogP contribution in [0.3, 0.4) is 0 Å². The standard InChI is InChI=1S/C24H21ClN4O2/c1-17-4-2-3-5-20(17)23(30)28-12-14-29(15-13-28)24-21(16-26)27-22(31-24)11-8-18-6-9-19(25)10-7-18/h2-11H,12-15H2,1H3. The summed E-state index contributed by atoms with van der Waals surface area (Å²) in [7, 11) is 0. The number of carbonyl (C=O) groups is 1. The van der Waals surface area contributed by atoms with Gasteiger partial charge in [-0.3, -0.25) is 4.79 Å². The molecule has 0 saturated carbocycles. The Morgan fingerprint density at radius 3 is 2.48 bits per heavy atom. The second-order valence-electron chi connectivity index (χ2n) is 7.30. The van der Waals surface area contributed by atoms with Crippen LogP contribution in [0, 0.1) is 18.3 Å². The number of anilines is 1. The molecule has 0 radical (unpaired) electrons. The summed E-state index contributed by atoms with van der Waals surface area (Å²) in [6, 6.07) is 17.1. The number of nitrogens with zero attached hydrogens (tertiary/aromatic N) is 4. The zero-order valence-electron chi connectivity index (χ0n) is 17.1. The van der Waals surface area contributed by atoms with E-state index in [1.807, 2.05) is 59.2 Å². The molecule has 3 aromatic rings. The maximum atomic E-state index is 12.8. The number of hydrogen-bond acceptors (Lipinski definition) is 5. The van der Waals surface area contributed by atoms with Crippen LogP contribution in [0.15, 0.2) is 52.9 Å². The van der Waals surface area contributed by atoms with Crippen LogP contribution in [-0.4, -0.2) is 42.0 Å². The molecule has 1 aliphatic rings. The van der Waals surface area contributed by atoms with Gasteiger partial charge >= 0.3 is 0 Å². The molecule has 1 aliphatic heterocycles. The number of piperazine rings is 1. The Balaban J connectivity index is 1.45. The zero-order chi connectivity index (χ0) is 21.8. The van der Waals surface area contributed by atoms with Crippen molar-refractivity contribution >= 4 is 35.5 Å². The molecule has 31 heavy (non-hydrogen) atoms. The fourth-order valence-electron chi connectivity index (χ4n) is 3.52. The summed E-state index contributed by atoms with van der Waals surface area (Å²) in [6.45, 7) is 4.18. The third kappa shape index (κ3) is 4.62. The largest absolute Gasteiger partial charge is 0.420 e. The normalized spacial score (nSPS) is 14.1. The molecule has 0 spiro atoms. The summed E-state index contributed by atoms with van der Waals surface area (Å²) < 4.78 is 5.87. The lowest BCUT2D eigenvalue weighted by Gasteiger charge is -2.34. The summed E-state index contributed by atoms with van der Waals surface area (Å²) in [6.07, 6.45) is 3.58. The van der Waals surface area contributed by atoms with E-state index in [0.717, 1.165) is 16.7 Å². The Hall–Kier alpha value is -3.56. The molecule has 1 aromatic heterocycles. The maximum absolute atomic E-state index is 12.8. The van der Waals surface area contributed by atoms with Crippen molar-refractivity contribution in [1.82, 2.24) is 9.88 Å². The number of aryl methyl sites for hydroxylation is 1. The Bertz CT molecular complexity index is 1150. The van der Waals surface area contributed by atoms with Crippen molar-refractivity contribution in [1.29, 1.82) is 5.26 Å². The van der Waals surface area contributed by atoms with Crippen molar-refractivity contribution in [3.8, 4) is 6.07 Å². The van der Waals surface area contributed by atoms with Crippen LogP contribution in [0.2, 0.25) is 5.02 Å². The molecular formula is C24H21ClN4O2. The molecular weight excluding hydrogens is 412 g/mol. The minimum Gasteiger partial charge on any atom is -0.420 e. The smallest absolute Gasteiger partial charge is 0.254 e. The van der Waals surface area contributed by atoms with Gasteiger partial charge in [0.1, 0.15) is 6.07 Å². The van der Waals surface area contributed by atoms with Gasteiger partial charge in [-0.05, 0) is 42.3 Å². The zero-order valence-corrected chi connectivity index (χ0v) is 17.8. The lowest BCUT2D eigenvalue weighted by Crippen LogP contribution is -2.49. The molecule has 0 bridgehead atoms. The third-order valence-corrected chi connectivity index (χ3v) is 5.50. The van der Waals surface area contributed by atoms with E-state index in [1.54, 1.807) is 18.2 Å². The van der Waals surface area contributed by atoms with Gasteiger partial charge in [0.25, 0.3) is 5.91 Å². The highest BCUT2D eigenvalue weighted by atomic mass is 35.5. The molecule has 156 valence electrons. The Morgan fingerprint density at radius 1 is 1.10 bits per heavy atom. The van der Waals surface area contributed by atoms with Gasteiger partial charge in [0.15, 0.2) is 0 Å². The molecule has 0 aliphatic carbocycles. The van der Waals surface area contributed by atoms with E-state index in [4.69, 9.17) is 16.0 Å². The highest BCUT2D eigenvalue weighted by Gasteiger charge is 2.27. The van der Waals surface area contributed by atoms with Crippen LogP contribution in [0.25, 0.3) is 12.2 Å². The first-order valence-corrected chi connectivity index (χ1v) is 10.4. The summed E-state index contributed by atoms with van der Waals surface area (Å²) in [5.74, 6) is 0.837. The van der Waals surface area contributed by atoms with Crippen molar-refractivity contribution in [3.63, 3.8) is 0 Å². The summed E-state index contributed by atoms with van der Waals surface area (Å²) in [4.78, 5) is 20.9. The van der Waals surface area contributed by atoms with Crippen LogP contribution in [0.4, 0.5) is 5.88 Å². The maximum Gasteiger partial charge on any atom is 0.254 e. The molecule has 2 aromatic carbocycles. The van der Waals surface area contributed by atoms with E-state index < -0.39 is 0 Å². The Labute approximate surface area is 186 Å². The number of benzene rings is 2. The monoisotopic (exact) mass is 432 g/mol. The molecule has 4 rings (SSSR count). The van der Waals surface area contributed by atoms with Crippen molar-refractivity contribution in [2.45, 2.75) is 6.92 Å². The number of hydrogen-bond donors (Lipinski definition) is 0. The van der Waals surface area contributed by atoms with Gasteiger partial charge in [-0.2, -0.15) is 10.2 Å². The van der Waals surface area contributed by atoms with Gasteiger partial charge in [0.2, 0.25) is 17.5 Å². The van der Waals surface area contributed by atoms with Crippen molar-refractivity contribution in [2.24, 2.45) is 0 Å². The average Bonchev–Trinajstić information content (AvgIpc) is 3.22. The quantitative estimate of drug-likeness (QED) is 0.600. The van der Waals surface area contributed by atoms with Gasteiger partial charge in [0.05, 0.1) is 0 Å². The average molecular weight is 433 g/mol. The van der Waals surface area contributed by atoms with E-state index in [1.165, 1.54) is 0 Å². The minimum absolute atomic E-state index is 0.0300. The van der Waals surface area contributed by atoms with Gasteiger partial charge in [-0.25, -0.2) is 0 Å². The number of nitriles is 1. The number of rotatable bonds is 4. The van der Waals surface area contributed by atoms with Crippen molar-refractivity contribution in [3.05, 3.63) is 81.8 Å². The molecule has 0 unspecified atom stereocenters. The number of aromatic nitrogens is 1. The van der Waals surface area contributed by atoms with Crippen LogP contribution in [0.5, 0.6) is 0 Å². The van der Waals surface area contributed by atoms with E-state index in [9.17, 15) is 10.1 Å². The second kappa shape index (κ2) is 9.07. The van der Waals surface area contributed by atoms with E-state index in [2.05, 4.69) is 11.1 Å². The van der Waals surface area contributed by atoms with Crippen LogP contribution in [0.1, 0.15) is 33.1 Å². The SMILES string of the molecule is Cc1ccccc1C(=O)N1CCN(c2oc(C=Cc3ccc(Cl)cc3)nc2C#N)CC1. The summed E-state index contributed by atoms with van der Waals surface area (Å²) in [5, 5.41) is 10.2. The predicted octanol–water partition coefficient (Wildman–Crippen LogP) is 4.64. The molecule has 1 fully saturated rings. The van der Waals surface area contributed by atoms with E-state index in [-0.39, 0.29) is 11.6 Å². The van der Waals surface area contributed by atoms with Gasteiger partial charge in [0, 0.05) is 42.8 Å². The van der Waals surface area contributed by atoms with Gasteiger partial charge in [-0.1, -0.05) is 41.9 Å². The molecule has 0 N–H and O–H groups in total. The van der Waals surface area contributed by atoms with Gasteiger partial charge in [-0.15, -0.1) is 0 Å². The first kappa shape index (κ1) is 20.7. The molecule has 7 heteroatoms. The molecule has 0 atom stereocenters. The lowest BCUT2D eigenvalue weighted by molar-refractivity contribution is 0.0744. The predicted molar refractivity (Wildman–Crippen MR) is 121 cm³/mol. The number of carbonyl (C=O) groups excluding carboxylic acids is 1. The van der Waals surface area contributed by atoms with Crippen LogP contribution in [-0.2, 0) is 0 Å². The van der Waals surface area contributed by atoms with Crippen LogP contribution < -0.4 is 4.90 Å². The number of oxazole rings is 1.